The molecule has 0 aromatic heterocycles. The lowest BCUT2D eigenvalue weighted by atomic mass is 10.1. The smallest absolute Gasteiger partial charge is 0.334 e. The topological polar surface area (TPSA) is 113 Å². The maximum atomic E-state index is 11.2. The van der Waals surface area contributed by atoms with E-state index in [4.69, 9.17) is 15.9 Å². The molecule has 88 valence electrons. The number of carboxylic acids is 1. The first-order chi connectivity index (χ1) is 6.99. The van der Waals surface area contributed by atoms with Crippen molar-refractivity contribution in [2.75, 3.05) is 6.54 Å². The first kappa shape index (κ1) is 13.9. The molecule has 1 unspecified atom stereocenters. The number of carbonyl (C=O) groups excluding carboxylic acids is 1. The van der Waals surface area contributed by atoms with Crippen LogP contribution in [0.5, 0.6) is 0 Å². The molecule has 0 rings (SSSR count). The highest BCUT2D eigenvalue weighted by Crippen LogP contribution is 1.97. The SMILES string of the molecule is CCCCC(N)C(=O)NC[C@H](O)C(=O)O. The molecule has 0 saturated heterocycles. The third kappa shape index (κ3) is 6.03. The Hall–Kier alpha value is -1.14. The minimum absolute atomic E-state index is 0.312. The summed E-state index contributed by atoms with van der Waals surface area (Å²) in [6.45, 7) is 1.67. The summed E-state index contributed by atoms with van der Waals surface area (Å²) in [4.78, 5) is 21.5. The van der Waals surface area contributed by atoms with Crippen LogP contribution in [-0.2, 0) is 9.59 Å². The van der Waals surface area contributed by atoms with E-state index in [1.165, 1.54) is 0 Å². The first-order valence-electron chi connectivity index (χ1n) is 4.93. The van der Waals surface area contributed by atoms with E-state index < -0.39 is 24.0 Å². The van der Waals surface area contributed by atoms with Crippen molar-refractivity contribution >= 4 is 11.9 Å². The summed E-state index contributed by atoms with van der Waals surface area (Å²) in [5, 5.41) is 19.5. The van der Waals surface area contributed by atoms with E-state index in [-0.39, 0.29) is 6.54 Å². The van der Waals surface area contributed by atoms with E-state index >= 15 is 0 Å². The molecule has 0 aromatic carbocycles. The van der Waals surface area contributed by atoms with Gasteiger partial charge < -0.3 is 21.3 Å². The minimum Gasteiger partial charge on any atom is -0.479 e. The van der Waals surface area contributed by atoms with E-state index in [1.807, 2.05) is 6.92 Å². The van der Waals surface area contributed by atoms with Gasteiger partial charge in [0.15, 0.2) is 6.10 Å². The molecule has 0 radical (unpaired) electrons. The molecule has 0 aliphatic rings. The fourth-order valence-electron chi connectivity index (χ4n) is 0.971. The number of hydrogen-bond donors (Lipinski definition) is 4. The molecule has 15 heavy (non-hydrogen) atoms. The Morgan fingerprint density at radius 2 is 2.07 bits per heavy atom. The molecule has 0 heterocycles. The van der Waals surface area contributed by atoms with Crippen molar-refractivity contribution in [1.29, 1.82) is 0 Å². The predicted molar refractivity (Wildman–Crippen MR) is 54.2 cm³/mol. The normalized spacial score (nSPS) is 14.3. The Labute approximate surface area is 88.5 Å². The van der Waals surface area contributed by atoms with Gasteiger partial charge in [-0.15, -0.1) is 0 Å². The van der Waals surface area contributed by atoms with Crippen LogP contribution in [-0.4, -0.2) is 40.8 Å². The summed E-state index contributed by atoms with van der Waals surface area (Å²) in [6, 6.07) is -0.633. The lowest BCUT2D eigenvalue weighted by molar-refractivity contribution is -0.146. The Morgan fingerprint density at radius 3 is 2.53 bits per heavy atom. The molecule has 0 aromatic rings. The van der Waals surface area contributed by atoms with Crippen LogP contribution < -0.4 is 11.1 Å². The first-order valence-corrected chi connectivity index (χ1v) is 4.93. The van der Waals surface area contributed by atoms with Crippen molar-refractivity contribution < 1.29 is 19.8 Å². The van der Waals surface area contributed by atoms with E-state index in [9.17, 15) is 9.59 Å². The number of aliphatic hydroxyl groups is 1. The third-order valence-electron chi connectivity index (χ3n) is 1.96. The van der Waals surface area contributed by atoms with Crippen molar-refractivity contribution in [3.63, 3.8) is 0 Å². The summed E-state index contributed by atoms with van der Waals surface area (Å²) < 4.78 is 0. The minimum atomic E-state index is -1.58. The summed E-state index contributed by atoms with van der Waals surface area (Å²) >= 11 is 0. The number of nitrogens with two attached hydrogens (primary N) is 1. The van der Waals surface area contributed by atoms with Crippen LogP contribution in [0.3, 0.4) is 0 Å². The average Bonchev–Trinajstić information content (AvgIpc) is 2.21. The van der Waals surface area contributed by atoms with E-state index in [1.54, 1.807) is 0 Å². The van der Waals surface area contributed by atoms with Gasteiger partial charge in [0, 0.05) is 0 Å². The van der Waals surface area contributed by atoms with Crippen molar-refractivity contribution in [3.05, 3.63) is 0 Å². The molecule has 0 aliphatic heterocycles. The number of nitrogens with one attached hydrogen (secondary N) is 1. The molecule has 2 atom stereocenters. The summed E-state index contributed by atoms with van der Waals surface area (Å²) in [7, 11) is 0. The second-order valence-corrected chi connectivity index (χ2v) is 3.35. The fourth-order valence-corrected chi connectivity index (χ4v) is 0.971. The maximum absolute atomic E-state index is 11.2. The van der Waals surface area contributed by atoms with Gasteiger partial charge in [0.1, 0.15) is 0 Å². The zero-order chi connectivity index (χ0) is 11.8. The van der Waals surface area contributed by atoms with Gasteiger partial charge in [0.25, 0.3) is 0 Å². The van der Waals surface area contributed by atoms with Gasteiger partial charge >= 0.3 is 5.97 Å². The monoisotopic (exact) mass is 218 g/mol. The molecule has 0 saturated carbocycles. The number of unbranched alkanes of at least 4 members (excludes halogenated alkanes) is 1. The van der Waals surface area contributed by atoms with Crippen LogP contribution >= 0.6 is 0 Å². The molecule has 5 N–H and O–H groups in total. The summed E-state index contributed by atoms with van der Waals surface area (Å²) in [5.41, 5.74) is 5.52. The van der Waals surface area contributed by atoms with Gasteiger partial charge in [-0.1, -0.05) is 19.8 Å². The molecule has 0 aliphatic carbocycles. The number of hydrogen-bond acceptors (Lipinski definition) is 4. The number of carbonyl (C=O) groups is 2. The molecule has 6 heteroatoms. The maximum Gasteiger partial charge on any atom is 0.334 e. The quantitative estimate of drug-likeness (QED) is 0.441. The highest BCUT2D eigenvalue weighted by atomic mass is 16.4. The number of rotatable bonds is 7. The van der Waals surface area contributed by atoms with Crippen LogP contribution in [0.4, 0.5) is 0 Å². The van der Waals surface area contributed by atoms with E-state index in [0.717, 1.165) is 12.8 Å². The number of aliphatic hydroxyl groups excluding tert-OH is 1. The van der Waals surface area contributed by atoms with Crippen molar-refractivity contribution in [2.24, 2.45) is 5.73 Å². The van der Waals surface area contributed by atoms with E-state index in [0.29, 0.717) is 6.42 Å². The lowest BCUT2D eigenvalue weighted by Crippen LogP contribution is -2.44. The fraction of sp³-hybridized carbons (Fsp3) is 0.778. The van der Waals surface area contributed by atoms with Gasteiger partial charge in [-0.3, -0.25) is 4.79 Å². The summed E-state index contributed by atoms with van der Waals surface area (Å²) in [6.07, 6.45) is 0.771. The van der Waals surface area contributed by atoms with Gasteiger partial charge in [-0.2, -0.15) is 0 Å². The van der Waals surface area contributed by atoms with Gasteiger partial charge in [0.05, 0.1) is 12.6 Å². The Balaban J connectivity index is 3.77. The molecule has 0 spiro atoms. The average molecular weight is 218 g/mol. The second-order valence-electron chi connectivity index (χ2n) is 3.35. The molecule has 6 nitrogen and oxygen atoms in total. The molecule has 0 bridgehead atoms. The second kappa shape index (κ2) is 7.19. The van der Waals surface area contributed by atoms with Gasteiger partial charge in [-0.05, 0) is 6.42 Å². The van der Waals surface area contributed by atoms with Gasteiger partial charge in [-0.25, -0.2) is 4.79 Å². The number of amides is 1. The highest BCUT2D eigenvalue weighted by Gasteiger charge is 2.17. The van der Waals surface area contributed by atoms with Gasteiger partial charge in [0.2, 0.25) is 5.91 Å². The predicted octanol–water partition coefficient (Wildman–Crippen LogP) is -0.934. The van der Waals surface area contributed by atoms with Crippen molar-refractivity contribution in [1.82, 2.24) is 5.32 Å². The van der Waals surface area contributed by atoms with Crippen LogP contribution in [0.1, 0.15) is 26.2 Å². The van der Waals surface area contributed by atoms with Crippen molar-refractivity contribution in [3.8, 4) is 0 Å². The zero-order valence-corrected chi connectivity index (χ0v) is 8.77. The van der Waals surface area contributed by atoms with Crippen LogP contribution in [0.25, 0.3) is 0 Å². The van der Waals surface area contributed by atoms with Crippen LogP contribution in [0, 0.1) is 0 Å². The lowest BCUT2D eigenvalue weighted by Gasteiger charge is -2.12. The molecular weight excluding hydrogens is 200 g/mol. The van der Waals surface area contributed by atoms with E-state index in [2.05, 4.69) is 5.32 Å². The number of carboxylic acid groups (broad SMARTS) is 1. The molecule has 1 amide bonds. The zero-order valence-electron chi connectivity index (χ0n) is 8.77. The van der Waals surface area contributed by atoms with Crippen molar-refractivity contribution in [2.45, 2.75) is 38.3 Å². The standard InChI is InChI=1S/C9H18N2O4/c1-2-3-4-6(10)8(13)11-5-7(12)9(14)15/h6-7,12H,2-5,10H2,1H3,(H,11,13)(H,14,15)/t6?,7-/m0/s1. The Kier molecular flexibility index (Phi) is 6.64. The molecule has 0 fully saturated rings. The number of aliphatic carboxylic acids is 1. The van der Waals surface area contributed by atoms with Crippen LogP contribution in [0.2, 0.25) is 0 Å². The van der Waals surface area contributed by atoms with Crippen LogP contribution in [0.15, 0.2) is 0 Å². The Morgan fingerprint density at radius 1 is 1.47 bits per heavy atom. The Bertz CT molecular complexity index is 220. The molecular formula is C9H18N2O4. The highest BCUT2D eigenvalue weighted by molar-refractivity contribution is 5.82. The largest absolute Gasteiger partial charge is 0.479 e. The third-order valence-corrected chi connectivity index (χ3v) is 1.96. The summed E-state index contributed by atoms with van der Waals surface area (Å²) in [5.74, 6) is -1.79.